The van der Waals surface area contributed by atoms with Gasteiger partial charge in [0.1, 0.15) is 18.2 Å². The van der Waals surface area contributed by atoms with Gasteiger partial charge in [-0.25, -0.2) is 9.18 Å². The molecule has 2 rings (SSSR count). The lowest BCUT2D eigenvalue weighted by Crippen LogP contribution is -2.04. The molecule has 0 aliphatic carbocycles. The Hall–Kier alpha value is -2.07. The van der Waals surface area contributed by atoms with Gasteiger partial charge in [0.2, 0.25) is 0 Å². The lowest BCUT2D eigenvalue weighted by Gasteiger charge is -2.08. The first-order chi connectivity index (χ1) is 10.1. The molecular weight excluding hydrogens is 295 g/mol. The average Bonchev–Trinajstić information content (AvgIpc) is 2.47. The molecule has 0 fully saturated rings. The number of ether oxygens (including phenoxy) is 2. The van der Waals surface area contributed by atoms with Crippen LogP contribution in [-0.2, 0) is 11.3 Å². The highest BCUT2D eigenvalue weighted by molar-refractivity contribution is 6.31. The SMILES string of the molecule is CCOC(=O)c1ccc(OCc2ccc(F)cc2Cl)cc1. The monoisotopic (exact) mass is 308 g/mol. The van der Waals surface area contributed by atoms with Gasteiger partial charge in [0, 0.05) is 5.56 Å². The van der Waals surface area contributed by atoms with E-state index in [9.17, 15) is 9.18 Å². The Morgan fingerprint density at radius 1 is 1.19 bits per heavy atom. The summed E-state index contributed by atoms with van der Waals surface area (Å²) in [4.78, 5) is 11.5. The molecule has 0 spiro atoms. The molecule has 0 N–H and O–H groups in total. The molecule has 0 bridgehead atoms. The molecule has 0 atom stereocenters. The van der Waals surface area contributed by atoms with Gasteiger partial charge in [-0.1, -0.05) is 17.7 Å². The first-order valence-corrected chi connectivity index (χ1v) is 6.82. The van der Waals surface area contributed by atoms with E-state index in [-0.39, 0.29) is 18.4 Å². The van der Waals surface area contributed by atoms with Crippen LogP contribution in [0.1, 0.15) is 22.8 Å². The zero-order valence-electron chi connectivity index (χ0n) is 11.4. The van der Waals surface area contributed by atoms with Crippen molar-refractivity contribution in [3.63, 3.8) is 0 Å². The third-order valence-electron chi connectivity index (χ3n) is 2.77. The predicted octanol–water partition coefficient (Wildman–Crippen LogP) is 4.23. The topological polar surface area (TPSA) is 35.5 Å². The maximum absolute atomic E-state index is 12.9. The summed E-state index contributed by atoms with van der Waals surface area (Å²) in [7, 11) is 0. The highest BCUT2D eigenvalue weighted by Crippen LogP contribution is 2.20. The van der Waals surface area contributed by atoms with Crippen LogP contribution in [0.3, 0.4) is 0 Å². The zero-order valence-corrected chi connectivity index (χ0v) is 12.2. The molecule has 0 aliphatic rings. The Morgan fingerprint density at radius 2 is 1.90 bits per heavy atom. The maximum atomic E-state index is 12.9. The lowest BCUT2D eigenvalue weighted by atomic mass is 10.2. The number of esters is 1. The zero-order chi connectivity index (χ0) is 15.2. The van der Waals surface area contributed by atoms with Crippen LogP contribution in [0.5, 0.6) is 5.75 Å². The molecule has 0 aromatic heterocycles. The second kappa shape index (κ2) is 7.09. The van der Waals surface area contributed by atoms with Crippen LogP contribution in [0.15, 0.2) is 42.5 Å². The van der Waals surface area contributed by atoms with Gasteiger partial charge in [-0.3, -0.25) is 0 Å². The fourth-order valence-electron chi connectivity index (χ4n) is 1.70. The molecule has 3 nitrogen and oxygen atoms in total. The van der Waals surface area contributed by atoms with Gasteiger partial charge >= 0.3 is 5.97 Å². The van der Waals surface area contributed by atoms with Crippen LogP contribution in [-0.4, -0.2) is 12.6 Å². The molecular formula is C16H14ClFO3. The molecule has 110 valence electrons. The van der Waals surface area contributed by atoms with E-state index in [1.54, 1.807) is 37.3 Å². The molecule has 2 aromatic rings. The minimum atomic E-state index is -0.387. The minimum absolute atomic E-state index is 0.220. The molecule has 0 radical (unpaired) electrons. The van der Waals surface area contributed by atoms with Crippen LogP contribution in [0.4, 0.5) is 4.39 Å². The highest BCUT2D eigenvalue weighted by atomic mass is 35.5. The van der Waals surface area contributed by atoms with Crippen molar-refractivity contribution in [3.05, 3.63) is 64.4 Å². The van der Waals surface area contributed by atoms with Crippen LogP contribution in [0, 0.1) is 5.82 Å². The molecule has 0 amide bonds. The summed E-state index contributed by atoms with van der Waals surface area (Å²) in [5.41, 5.74) is 1.15. The van der Waals surface area contributed by atoms with Gasteiger partial charge in [-0.05, 0) is 43.3 Å². The standard InChI is InChI=1S/C16H14ClFO3/c1-2-20-16(19)11-4-7-14(8-5-11)21-10-12-3-6-13(18)9-15(12)17/h3-9H,2,10H2,1H3. The lowest BCUT2D eigenvalue weighted by molar-refractivity contribution is 0.0526. The fraction of sp³-hybridized carbons (Fsp3) is 0.188. The van der Waals surface area contributed by atoms with Crippen LogP contribution >= 0.6 is 11.6 Å². The second-order valence-corrected chi connectivity index (χ2v) is 4.68. The minimum Gasteiger partial charge on any atom is -0.489 e. The van der Waals surface area contributed by atoms with Crippen LogP contribution < -0.4 is 4.74 Å². The summed E-state index contributed by atoms with van der Waals surface area (Å²) in [6.45, 7) is 2.31. The molecule has 0 heterocycles. The van der Waals surface area contributed by atoms with Gasteiger partial charge < -0.3 is 9.47 Å². The van der Waals surface area contributed by atoms with Gasteiger partial charge in [0.05, 0.1) is 17.2 Å². The van der Waals surface area contributed by atoms with E-state index in [2.05, 4.69) is 0 Å². The van der Waals surface area contributed by atoms with Gasteiger partial charge in [0.15, 0.2) is 0 Å². The summed E-state index contributed by atoms with van der Waals surface area (Å²) in [5.74, 6) is -0.170. The maximum Gasteiger partial charge on any atom is 0.338 e. The van der Waals surface area contributed by atoms with E-state index in [1.165, 1.54) is 12.1 Å². The van der Waals surface area contributed by atoms with Crippen molar-refractivity contribution in [2.75, 3.05) is 6.61 Å². The number of carbonyl (C=O) groups excluding carboxylic acids is 1. The van der Waals surface area contributed by atoms with E-state index < -0.39 is 0 Å². The smallest absolute Gasteiger partial charge is 0.338 e. The van der Waals surface area contributed by atoms with Crippen molar-refractivity contribution in [3.8, 4) is 5.75 Å². The normalized spacial score (nSPS) is 10.2. The largest absolute Gasteiger partial charge is 0.489 e. The van der Waals surface area contributed by atoms with E-state index in [0.717, 1.165) is 0 Å². The number of hydrogen-bond acceptors (Lipinski definition) is 3. The Kier molecular flexibility index (Phi) is 5.17. The van der Waals surface area contributed by atoms with E-state index in [4.69, 9.17) is 21.1 Å². The Morgan fingerprint density at radius 3 is 2.52 bits per heavy atom. The van der Waals surface area contributed by atoms with E-state index in [0.29, 0.717) is 28.5 Å². The predicted molar refractivity (Wildman–Crippen MR) is 78.1 cm³/mol. The third-order valence-corrected chi connectivity index (χ3v) is 3.13. The summed E-state index contributed by atoms with van der Waals surface area (Å²) >= 11 is 5.92. The molecule has 2 aromatic carbocycles. The molecule has 21 heavy (non-hydrogen) atoms. The van der Waals surface area contributed by atoms with E-state index >= 15 is 0 Å². The van der Waals surface area contributed by atoms with Crippen molar-refractivity contribution in [1.29, 1.82) is 0 Å². The molecule has 0 saturated carbocycles. The summed E-state index contributed by atoms with van der Waals surface area (Å²) < 4.78 is 23.4. The summed E-state index contributed by atoms with van der Waals surface area (Å²) in [6.07, 6.45) is 0. The number of benzene rings is 2. The summed E-state index contributed by atoms with van der Waals surface area (Å²) in [6, 6.07) is 10.7. The average molecular weight is 309 g/mol. The molecule has 0 aliphatic heterocycles. The fourth-order valence-corrected chi connectivity index (χ4v) is 1.92. The quantitative estimate of drug-likeness (QED) is 0.775. The van der Waals surface area contributed by atoms with Crippen molar-refractivity contribution in [2.45, 2.75) is 13.5 Å². The number of carbonyl (C=O) groups is 1. The first-order valence-electron chi connectivity index (χ1n) is 6.44. The number of rotatable bonds is 5. The summed E-state index contributed by atoms with van der Waals surface area (Å²) in [5, 5.41) is 0.318. The Bertz CT molecular complexity index is 626. The molecule has 0 unspecified atom stereocenters. The first kappa shape index (κ1) is 15.3. The second-order valence-electron chi connectivity index (χ2n) is 4.27. The third kappa shape index (κ3) is 4.20. The van der Waals surface area contributed by atoms with Crippen LogP contribution in [0.25, 0.3) is 0 Å². The van der Waals surface area contributed by atoms with Crippen molar-refractivity contribution >= 4 is 17.6 Å². The number of hydrogen-bond donors (Lipinski definition) is 0. The van der Waals surface area contributed by atoms with Gasteiger partial charge in [-0.15, -0.1) is 0 Å². The van der Waals surface area contributed by atoms with Crippen LogP contribution in [0.2, 0.25) is 5.02 Å². The highest BCUT2D eigenvalue weighted by Gasteiger charge is 2.07. The molecule has 0 saturated heterocycles. The van der Waals surface area contributed by atoms with Gasteiger partial charge in [-0.2, -0.15) is 0 Å². The van der Waals surface area contributed by atoms with E-state index in [1.807, 2.05) is 0 Å². The number of halogens is 2. The van der Waals surface area contributed by atoms with Crippen molar-refractivity contribution < 1.29 is 18.7 Å². The van der Waals surface area contributed by atoms with Gasteiger partial charge in [0.25, 0.3) is 0 Å². The Labute approximate surface area is 127 Å². The van der Waals surface area contributed by atoms with Crippen molar-refractivity contribution in [2.24, 2.45) is 0 Å². The van der Waals surface area contributed by atoms with Crippen molar-refractivity contribution in [1.82, 2.24) is 0 Å². The Balaban J connectivity index is 1.99. The molecule has 5 heteroatoms.